The third-order valence-corrected chi connectivity index (χ3v) is 6.04. The highest BCUT2D eigenvalue weighted by molar-refractivity contribution is 5.83. The van der Waals surface area contributed by atoms with Gasteiger partial charge in [-0.3, -0.25) is 33.6 Å². The number of carbonyl (C=O) groups excluding carboxylic acids is 1. The number of carboxylic acids is 6. The number of carbonyl (C=O) groups is 7. The number of rotatable bonds is 13. The van der Waals surface area contributed by atoms with Crippen LogP contribution in [-0.4, -0.2) is 132 Å². The van der Waals surface area contributed by atoms with E-state index in [1.54, 1.807) is 12.1 Å². The summed E-state index contributed by atoms with van der Waals surface area (Å²) in [6.45, 7) is 3.83. The fraction of sp³-hybridized carbons (Fsp3) is 0.552. The Morgan fingerprint density at radius 3 is 1.45 bits per heavy atom. The predicted octanol–water partition coefficient (Wildman–Crippen LogP) is -3.69. The highest BCUT2D eigenvalue weighted by atomic mass is 16.4. The smallest absolute Gasteiger partial charge is 0.322 e. The topological polar surface area (TPSA) is 449 Å². The molecule has 1 amide bonds. The third-order valence-electron chi connectivity index (χ3n) is 6.04. The predicted molar refractivity (Wildman–Crippen MR) is 180 cm³/mol. The van der Waals surface area contributed by atoms with E-state index in [1.807, 2.05) is 13.8 Å². The first-order valence-corrected chi connectivity index (χ1v) is 15.0. The van der Waals surface area contributed by atoms with E-state index < -0.39 is 72.5 Å². The molecule has 0 bridgehead atoms. The van der Waals surface area contributed by atoms with Crippen molar-refractivity contribution in [2.75, 3.05) is 19.7 Å². The lowest BCUT2D eigenvalue weighted by Crippen LogP contribution is -2.36. The van der Waals surface area contributed by atoms with Gasteiger partial charge in [0.05, 0.1) is 19.6 Å². The molecule has 1 aliphatic rings. The van der Waals surface area contributed by atoms with E-state index >= 15 is 0 Å². The molecule has 51 heavy (non-hydrogen) atoms. The van der Waals surface area contributed by atoms with Crippen LogP contribution in [-0.2, 0) is 40.0 Å². The van der Waals surface area contributed by atoms with Crippen molar-refractivity contribution in [1.29, 1.82) is 0 Å². The second kappa shape index (κ2) is 31.0. The Labute approximate surface area is 293 Å². The van der Waals surface area contributed by atoms with E-state index in [0.717, 1.165) is 31.4 Å². The molecule has 0 aliphatic carbocycles. The highest BCUT2D eigenvalue weighted by Gasteiger charge is 2.20. The molecule has 22 nitrogen and oxygen atoms in total. The Bertz CT molecular complexity index is 1180. The SMILES string of the molecule is CCC(C)C(N)C(=O)O.NC(=O)CC(N)C(=O)O.NC(CO)C(=O)O.NC(Cc1ccc(O)cc1)C(=O)O.NCC(=O)O.O=C(O)C1CCCN1. The standard InChI is InChI=1S/C9H11NO3.C6H13NO2.C5H9NO2.C4H8N2O3.C3H7NO3.C2H5NO2/c10-8(9(12)13)5-6-1-3-7(11)4-2-6;1-3-4(2)5(7)6(8)9;7-5(8)4-2-1-3-6-4;5-2(4(8)9)1-3(6)7;4-2(1-5)3(6)7;3-1-2(4)5/h1-4,8,11H,5,10H2,(H,12,13);4-5H,3,7H2,1-2H3,(H,8,9);4,6H,1-3H2,(H,7,8);2H,1,5H2,(H2,6,7)(H,8,9);2,5H,1,4H2,(H,6,7);1,3H2,(H,4,5). The molecule has 1 aliphatic heterocycles. The molecule has 21 N–H and O–H groups in total. The van der Waals surface area contributed by atoms with Crippen LogP contribution in [0.25, 0.3) is 0 Å². The van der Waals surface area contributed by atoms with Crippen molar-refractivity contribution in [3.63, 3.8) is 0 Å². The summed E-state index contributed by atoms with van der Waals surface area (Å²) in [4.78, 5) is 69.5. The molecule has 6 unspecified atom stereocenters. The Balaban J connectivity index is -0.000000266. The highest BCUT2D eigenvalue weighted by Crippen LogP contribution is 2.10. The van der Waals surface area contributed by atoms with Gasteiger partial charge in [-0.15, -0.1) is 0 Å². The van der Waals surface area contributed by atoms with Crippen molar-refractivity contribution in [1.82, 2.24) is 5.32 Å². The van der Waals surface area contributed by atoms with Crippen LogP contribution < -0.4 is 39.7 Å². The zero-order valence-electron chi connectivity index (χ0n) is 28.3. The monoisotopic (exact) mass is 739 g/mol. The number of nitrogens with one attached hydrogen (secondary N) is 1. The summed E-state index contributed by atoms with van der Waals surface area (Å²) in [6, 6.07) is 2.17. The number of amides is 1. The molecule has 0 spiro atoms. The van der Waals surface area contributed by atoms with Crippen LogP contribution in [0.15, 0.2) is 24.3 Å². The molecule has 1 aromatic carbocycles. The van der Waals surface area contributed by atoms with E-state index in [1.165, 1.54) is 12.1 Å². The number of hydrogen-bond donors (Lipinski definition) is 15. The lowest BCUT2D eigenvalue weighted by molar-refractivity contribution is -0.140. The fourth-order valence-corrected chi connectivity index (χ4v) is 2.75. The molecule has 1 aromatic rings. The molecule has 0 saturated carbocycles. The minimum absolute atomic E-state index is 0.0718. The summed E-state index contributed by atoms with van der Waals surface area (Å²) in [5.74, 6) is -6.48. The van der Waals surface area contributed by atoms with Gasteiger partial charge in [0, 0.05) is 0 Å². The number of aliphatic hydroxyl groups excluding tert-OH is 1. The Morgan fingerprint density at radius 1 is 0.804 bits per heavy atom. The molecule has 294 valence electrons. The number of phenolic OH excluding ortho intramolecular Hbond substituents is 1. The molecule has 1 heterocycles. The molecular formula is C29H53N7O15. The number of aromatic hydroxyl groups is 1. The van der Waals surface area contributed by atoms with E-state index in [0.29, 0.717) is 0 Å². The number of aliphatic carboxylic acids is 6. The minimum Gasteiger partial charge on any atom is -0.508 e. The average molecular weight is 740 g/mol. The Hall–Kier alpha value is -4.97. The first-order valence-electron chi connectivity index (χ1n) is 15.0. The largest absolute Gasteiger partial charge is 0.508 e. The van der Waals surface area contributed by atoms with Crippen LogP contribution in [0.3, 0.4) is 0 Å². The lowest BCUT2D eigenvalue weighted by atomic mass is 10.0. The van der Waals surface area contributed by atoms with Gasteiger partial charge in [0.25, 0.3) is 0 Å². The van der Waals surface area contributed by atoms with Gasteiger partial charge in [0.2, 0.25) is 5.91 Å². The normalized spacial score (nSPS) is 15.3. The van der Waals surface area contributed by atoms with Crippen LogP contribution in [0.1, 0.15) is 45.1 Å². The zero-order valence-corrected chi connectivity index (χ0v) is 28.3. The minimum atomic E-state index is -1.21. The summed E-state index contributed by atoms with van der Waals surface area (Å²) < 4.78 is 0. The van der Waals surface area contributed by atoms with Gasteiger partial charge in [-0.2, -0.15) is 0 Å². The van der Waals surface area contributed by atoms with Crippen LogP contribution in [0.4, 0.5) is 0 Å². The van der Waals surface area contributed by atoms with Gasteiger partial charge in [0.15, 0.2) is 0 Å². The van der Waals surface area contributed by atoms with Crippen molar-refractivity contribution in [2.45, 2.75) is 76.2 Å². The lowest BCUT2D eigenvalue weighted by Gasteiger charge is -2.11. The quantitative estimate of drug-likeness (QED) is 0.0925. The van der Waals surface area contributed by atoms with Crippen molar-refractivity contribution in [3.05, 3.63) is 29.8 Å². The van der Waals surface area contributed by atoms with Gasteiger partial charge in [0.1, 0.15) is 36.0 Å². The number of primary amides is 1. The van der Waals surface area contributed by atoms with E-state index in [9.17, 15) is 33.6 Å². The van der Waals surface area contributed by atoms with Crippen LogP contribution in [0.2, 0.25) is 0 Å². The number of benzene rings is 1. The first-order chi connectivity index (χ1) is 23.5. The molecular weight excluding hydrogens is 686 g/mol. The fourth-order valence-electron chi connectivity index (χ4n) is 2.75. The first kappa shape index (κ1) is 52.8. The van der Waals surface area contributed by atoms with Crippen LogP contribution in [0, 0.1) is 5.92 Å². The maximum absolute atomic E-state index is 10.4. The second-order valence-electron chi connectivity index (χ2n) is 10.4. The second-order valence-corrected chi connectivity index (χ2v) is 10.4. The van der Waals surface area contributed by atoms with Crippen molar-refractivity contribution < 1.29 is 74.4 Å². The van der Waals surface area contributed by atoms with Gasteiger partial charge in [-0.1, -0.05) is 32.4 Å². The summed E-state index contributed by atoms with van der Waals surface area (Å²) in [7, 11) is 0. The third kappa shape index (κ3) is 33.3. The summed E-state index contributed by atoms with van der Waals surface area (Å²) in [5, 5.41) is 68.6. The molecule has 1 fully saturated rings. The molecule has 22 heteroatoms. The van der Waals surface area contributed by atoms with Gasteiger partial charge < -0.3 is 80.6 Å². The zero-order chi connectivity index (χ0) is 40.9. The number of carboxylic acid groups (broad SMARTS) is 6. The maximum Gasteiger partial charge on any atom is 0.322 e. The Kier molecular flexibility index (Phi) is 32.2. The average Bonchev–Trinajstić information content (AvgIpc) is 3.61. The Morgan fingerprint density at radius 2 is 1.25 bits per heavy atom. The number of aliphatic hydroxyl groups is 1. The van der Waals surface area contributed by atoms with Crippen molar-refractivity contribution >= 4 is 41.7 Å². The molecule has 2 rings (SSSR count). The number of nitrogens with two attached hydrogens (primary N) is 6. The summed E-state index contributed by atoms with van der Waals surface area (Å²) in [5.41, 5.74) is 30.3. The summed E-state index contributed by atoms with van der Waals surface area (Å²) >= 11 is 0. The van der Waals surface area contributed by atoms with Gasteiger partial charge in [-0.05, 0) is 49.4 Å². The number of hydrogen-bond acceptors (Lipinski definition) is 15. The van der Waals surface area contributed by atoms with Gasteiger partial charge >= 0.3 is 35.8 Å². The summed E-state index contributed by atoms with van der Waals surface area (Å²) in [6.07, 6.45) is 2.56. The van der Waals surface area contributed by atoms with Crippen LogP contribution in [0.5, 0.6) is 5.75 Å². The maximum atomic E-state index is 10.4. The van der Waals surface area contributed by atoms with Crippen molar-refractivity contribution in [2.24, 2.45) is 40.3 Å². The van der Waals surface area contributed by atoms with E-state index in [4.69, 9.17) is 63.8 Å². The molecule has 0 aromatic heterocycles. The van der Waals surface area contributed by atoms with Crippen LogP contribution >= 0.6 is 0 Å². The molecule has 1 saturated heterocycles. The number of phenols is 1. The van der Waals surface area contributed by atoms with E-state index in [-0.39, 0.29) is 37.1 Å². The van der Waals surface area contributed by atoms with E-state index in [2.05, 4.69) is 16.8 Å². The molecule has 0 radical (unpaired) electrons. The molecule has 6 atom stereocenters. The van der Waals surface area contributed by atoms with Crippen molar-refractivity contribution in [3.8, 4) is 5.75 Å². The van der Waals surface area contributed by atoms with Gasteiger partial charge in [-0.25, -0.2) is 0 Å².